The highest BCUT2D eigenvalue weighted by Crippen LogP contribution is 2.19. The summed E-state index contributed by atoms with van der Waals surface area (Å²) in [6.07, 6.45) is 0. The number of halogens is 1. The van der Waals surface area contributed by atoms with Crippen LogP contribution >= 0.6 is 23.6 Å². The number of hydrogen-bond donors (Lipinski definition) is 0. The van der Waals surface area contributed by atoms with Crippen molar-refractivity contribution in [2.45, 2.75) is 4.90 Å². The summed E-state index contributed by atoms with van der Waals surface area (Å²) < 4.78 is 3.95. The molecule has 1 aromatic carbocycles. The monoisotopic (exact) mass is 188 g/mol. The standard InChI is InChI=1S/C7H5ClO2S/c8-10-7(9)11-6-4-2-1-3-5-6/h1-5H. The predicted octanol–water partition coefficient (Wildman–Crippen LogP) is 3.07. The summed E-state index contributed by atoms with van der Waals surface area (Å²) in [5.74, 6) is 0. The van der Waals surface area contributed by atoms with E-state index in [9.17, 15) is 4.79 Å². The molecular formula is C7H5ClO2S. The third kappa shape index (κ3) is 2.82. The van der Waals surface area contributed by atoms with Crippen LogP contribution in [0.25, 0.3) is 0 Å². The molecule has 58 valence electrons. The molecule has 0 heterocycles. The van der Waals surface area contributed by atoms with Gasteiger partial charge >= 0.3 is 5.30 Å². The third-order valence-electron chi connectivity index (χ3n) is 1.01. The highest BCUT2D eigenvalue weighted by Gasteiger charge is 2.02. The molecule has 0 unspecified atom stereocenters. The smallest absolute Gasteiger partial charge is 0.338 e. The van der Waals surface area contributed by atoms with Crippen molar-refractivity contribution in [2.75, 3.05) is 0 Å². The Kier molecular flexibility index (Phi) is 3.26. The van der Waals surface area contributed by atoms with E-state index < -0.39 is 5.30 Å². The molecule has 11 heavy (non-hydrogen) atoms. The molecule has 0 saturated carbocycles. The summed E-state index contributed by atoms with van der Waals surface area (Å²) >= 11 is 5.78. The molecule has 0 radical (unpaired) electrons. The van der Waals surface area contributed by atoms with Gasteiger partial charge in [-0.15, -0.1) is 0 Å². The second-order valence-electron chi connectivity index (χ2n) is 1.74. The van der Waals surface area contributed by atoms with Gasteiger partial charge in [-0.1, -0.05) is 18.2 Å². The lowest BCUT2D eigenvalue weighted by Crippen LogP contribution is -1.84. The zero-order valence-corrected chi connectivity index (χ0v) is 7.06. The van der Waals surface area contributed by atoms with E-state index in [1.807, 2.05) is 18.2 Å². The lowest BCUT2D eigenvalue weighted by Gasteiger charge is -1.94. The molecule has 0 bridgehead atoms. The van der Waals surface area contributed by atoms with Gasteiger partial charge in [0.15, 0.2) is 0 Å². The minimum Gasteiger partial charge on any atom is -0.338 e. The van der Waals surface area contributed by atoms with Crippen molar-refractivity contribution in [3.63, 3.8) is 0 Å². The topological polar surface area (TPSA) is 26.3 Å². The van der Waals surface area contributed by atoms with Gasteiger partial charge in [0.25, 0.3) is 0 Å². The van der Waals surface area contributed by atoms with E-state index in [-0.39, 0.29) is 0 Å². The number of benzene rings is 1. The van der Waals surface area contributed by atoms with Crippen molar-refractivity contribution in [1.29, 1.82) is 0 Å². The van der Waals surface area contributed by atoms with Gasteiger partial charge < -0.3 is 4.29 Å². The fourth-order valence-electron chi connectivity index (χ4n) is 0.601. The number of thioether (sulfide) groups is 1. The lowest BCUT2D eigenvalue weighted by atomic mass is 10.4. The average molecular weight is 189 g/mol. The lowest BCUT2D eigenvalue weighted by molar-refractivity contribution is 0.231. The van der Waals surface area contributed by atoms with Gasteiger partial charge in [-0.25, -0.2) is 4.79 Å². The Balaban J connectivity index is 2.58. The van der Waals surface area contributed by atoms with Crippen LogP contribution in [0, 0.1) is 0 Å². The van der Waals surface area contributed by atoms with Gasteiger partial charge in [-0.2, -0.15) is 0 Å². The van der Waals surface area contributed by atoms with Crippen LogP contribution in [-0.2, 0) is 4.29 Å². The first-order valence-electron chi connectivity index (χ1n) is 2.88. The SMILES string of the molecule is O=C(OCl)Sc1ccccc1. The van der Waals surface area contributed by atoms with Crippen LogP contribution < -0.4 is 0 Å². The van der Waals surface area contributed by atoms with E-state index in [1.165, 1.54) is 0 Å². The summed E-state index contributed by atoms with van der Waals surface area (Å²) in [6, 6.07) is 9.15. The van der Waals surface area contributed by atoms with Gasteiger partial charge in [0.05, 0.1) is 0 Å². The number of carbonyl (C=O) groups is 1. The number of carbonyl (C=O) groups excluding carboxylic acids is 1. The maximum atomic E-state index is 10.6. The Morgan fingerprint density at radius 3 is 2.55 bits per heavy atom. The second kappa shape index (κ2) is 4.26. The molecule has 0 aliphatic carbocycles. The Hall–Kier alpha value is -0.670. The van der Waals surface area contributed by atoms with Crippen molar-refractivity contribution in [1.82, 2.24) is 0 Å². The quantitative estimate of drug-likeness (QED) is 0.634. The molecular weight excluding hydrogens is 184 g/mol. The van der Waals surface area contributed by atoms with Crippen LogP contribution in [0.1, 0.15) is 0 Å². The van der Waals surface area contributed by atoms with Crippen LogP contribution in [0.15, 0.2) is 35.2 Å². The van der Waals surface area contributed by atoms with Crippen LogP contribution in [0.5, 0.6) is 0 Å². The minimum atomic E-state index is -0.516. The van der Waals surface area contributed by atoms with Crippen molar-refractivity contribution in [3.05, 3.63) is 30.3 Å². The fraction of sp³-hybridized carbons (Fsp3) is 0. The molecule has 0 spiro atoms. The zero-order valence-electron chi connectivity index (χ0n) is 5.49. The maximum absolute atomic E-state index is 10.6. The Labute approximate surface area is 73.7 Å². The number of hydrogen-bond acceptors (Lipinski definition) is 3. The van der Waals surface area contributed by atoms with Gasteiger partial charge in [0, 0.05) is 4.90 Å². The molecule has 4 heteroatoms. The van der Waals surface area contributed by atoms with E-state index in [2.05, 4.69) is 4.29 Å². The van der Waals surface area contributed by atoms with Gasteiger partial charge in [-0.05, 0) is 23.9 Å². The first kappa shape index (κ1) is 8.43. The number of rotatable bonds is 1. The molecule has 1 aromatic rings. The molecule has 0 aliphatic heterocycles. The largest absolute Gasteiger partial charge is 0.390 e. The van der Waals surface area contributed by atoms with Gasteiger partial charge in [0.2, 0.25) is 0 Å². The van der Waals surface area contributed by atoms with Crippen LogP contribution in [0.2, 0.25) is 0 Å². The molecule has 2 nitrogen and oxygen atoms in total. The van der Waals surface area contributed by atoms with Crippen molar-refractivity contribution < 1.29 is 9.08 Å². The van der Waals surface area contributed by atoms with Crippen LogP contribution in [0.4, 0.5) is 4.79 Å². The van der Waals surface area contributed by atoms with Gasteiger partial charge in [-0.3, -0.25) is 0 Å². The normalized spacial score (nSPS) is 9.18. The van der Waals surface area contributed by atoms with Crippen molar-refractivity contribution in [2.24, 2.45) is 0 Å². The molecule has 0 saturated heterocycles. The molecule has 0 N–H and O–H groups in total. The highest BCUT2D eigenvalue weighted by molar-refractivity contribution is 8.13. The molecule has 1 rings (SSSR count). The minimum absolute atomic E-state index is 0.516. The van der Waals surface area contributed by atoms with Crippen molar-refractivity contribution in [3.8, 4) is 0 Å². The molecule has 0 fully saturated rings. The molecule has 0 amide bonds. The first-order valence-corrected chi connectivity index (χ1v) is 4.01. The fourth-order valence-corrected chi connectivity index (χ4v) is 1.21. The second-order valence-corrected chi connectivity index (χ2v) is 2.91. The summed E-state index contributed by atoms with van der Waals surface area (Å²) in [7, 11) is 0. The van der Waals surface area contributed by atoms with E-state index in [0.29, 0.717) is 0 Å². The van der Waals surface area contributed by atoms with Crippen LogP contribution in [0.3, 0.4) is 0 Å². The predicted molar refractivity (Wildman–Crippen MR) is 44.6 cm³/mol. The first-order chi connectivity index (χ1) is 5.33. The summed E-state index contributed by atoms with van der Waals surface area (Å²) in [5, 5.41) is -0.516. The Morgan fingerprint density at radius 2 is 2.00 bits per heavy atom. The summed E-state index contributed by atoms with van der Waals surface area (Å²) in [5.41, 5.74) is 0. The van der Waals surface area contributed by atoms with E-state index in [4.69, 9.17) is 11.9 Å². The summed E-state index contributed by atoms with van der Waals surface area (Å²) in [6.45, 7) is 0. The molecule has 0 atom stereocenters. The van der Waals surface area contributed by atoms with E-state index >= 15 is 0 Å². The zero-order chi connectivity index (χ0) is 8.10. The van der Waals surface area contributed by atoms with Crippen LogP contribution in [-0.4, -0.2) is 5.30 Å². The van der Waals surface area contributed by atoms with Gasteiger partial charge in [0.1, 0.15) is 11.9 Å². The Bertz CT molecular complexity index is 237. The van der Waals surface area contributed by atoms with Crippen molar-refractivity contribution >= 4 is 28.9 Å². The third-order valence-corrected chi connectivity index (χ3v) is 2.00. The van der Waals surface area contributed by atoms with E-state index in [1.54, 1.807) is 12.1 Å². The maximum Gasteiger partial charge on any atom is 0.390 e. The molecule has 0 aromatic heterocycles. The highest BCUT2D eigenvalue weighted by atomic mass is 35.5. The summed E-state index contributed by atoms with van der Waals surface area (Å²) in [4.78, 5) is 11.4. The average Bonchev–Trinajstić information content (AvgIpc) is 2.06. The van der Waals surface area contributed by atoms with E-state index in [0.717, 1.165) is 16.7 Å². The molecule has 0 aliphatic rings. The Morgan fingerprint density at radius 1 is 1.36 bits per heavy atom.